The number of nitrogens with one attached hydrogen (secondary N) is 1. The molecule has 2 aromatic rings. The number of fused-ring (bicyclic) bond motifs is 1. The van der Waals surface area contributed by atoms with Crippen LogP contribution in [-0.2, 0) is 6.54 Å². The summed E-state index contributed by atoms with van der Waals surface area (Å²) in [5.74, 6) is 1.44. The lowest BCUT2D eigenvalue weighted by atomic mass is 10.2. The predicted molar refractivity (Wildman–Crippen MR) is 75.5 cm³/mol. The van der Waals surface area contributed by atoms with Gasteiger partial charge in [-0.1, -0.05) is 11.6 Å². The van der Waals surface area contributed by atoms with Gasteiger partial charge in [0.15, 0.2) is 11.5 Å². The molecule has 0 bridgehead atoms. The molecular weight excluding hydrogens is 280 g/mol. The molecule has 1 aromatic heterocycles. The van der Waals surface area contributed by atoms with Crippen molar-refractivity contribution in [3.05, 3.63) is 40.7 Å². The average Bonchev–Trinajstić information content (AvgIpc) is 2.86. The van der Waals surface area contributed by atoms with Crippen molar-refractivity contribution in [1.82, 2.24) is 4.98 Å². The zero-order chi connectivity index (χ0) is 14.1. The highest BCUT2D eigenvalue weighted by atomic mass is 35.5. The minimum atomic E-state index is 0.153. The first kappa shape index (κ1) is 12.9. The minimum absolute atomic E-state index is 0.153. The van der Waals surface area contributed by atoms with Gasteiger partial charge in [0.05, 0.1) is 17.3 Å². The molecule has 2 N–H and O–H groups in total. The van der Waals surface area contributed by atoms with Gasteiger partial charge in [-0.2, -0.15) is 0 Å². The van der Waals surface area contributed by atoms with Crippen LogP contribution in [0.25, 0.3) is 0 Å². The molecule has 0 saturated carbocycles. The Morgan fingerprint density at radius 1 is 1.30 bits per heavy atom. The maximum Gasteiger partial charge on any atom is 0.231 e. The van der Waals surface area contributed by atoms with Crippen molar-refractivity contribution in [3.63, 3.8) is 0 Å². The van der Waals surface area contributed by atoms with Crippen LogP contribution in [0.3, 0.4) is 0 Å². The number of pyridine rings is 1. The number of hydrogen-bond donors (Lipinski definition) is 2. The van der Waals surface area contributed by atoms with Gasteiger partial charge in [0, 0.05) is 17.8 Å². The van der Waals surface area contributed by atoms with Gasteiger partial charge in [0.25, 0.3) is 0 Å². The van der Waals surface area contributed by atoms with Crippen LogP contribution in [0.1, 0.15) is 11.4 Å². The third-order valence-corrected chi connectivity index (χ3v) is 3.31. The highest BCUT2D eigenvalue weighted by Gasteiger charge is 2.16. The second-order valence-corrected chi connectivity index (χ2v) is 4.86. The highest BCUT2D eigenvalue weighted by Crippen LogP contribution is 2.39. The van der Waals surface area contributed by atoms with Crippen LogP contribution in [0, 0.1) is 6.92 Å². The standard InChI is InChI=1S/C14H13ClN2O3/c1-8-2-3-12(18)11(17-8)6-16-10-5-14-13(4-9(10)15)19-7-20-14/h2-5,16,18H,6-7H2,1H3. The van der Waals surface area contributed by atoms with E-state index in [0.29, 0.717) is 34.4 Å². The summed E-state index contributed by atoms with van der Waals surface area (Å²) in [6.07, 6.45) is 0. The third-order valence-electron chi connectivity index (χ3n) is 3.00. The van der Waals surface area contributed by atoms with Gasteiger partial charge >= 0.3 is 0 Å². The van der Waals surface area contributed by atoms with Crippen molar-refractivity contribution in [2.45, 2.75) is 13.5 Å². The predicted octanol–water partition coefficient (Wildman–Crippen LogP) is 3.09. The number of aromatic hydroxyl groups is 1. The summed E-state index contributed by atoms with van der Waals surface area (Å²) in [6.45, 7) is 2.44. The second kappa shape index (κ2) is 5.09. The Balaban J connectivity index is 1.80. The van der Waals surface area contributed by atoms with E-state index in [1.54, 1.807) is 24.3 Å². The van der Waals surface area contributed by atoms with E-state index in [2.05, 4.69) is 10.3 Å². The first-order chi connectivity index (χ1) is 9.63. The van der Waals surface area contributed by atoms with Crippen molar-refractivity contribution in [3.8, 4) is 17.2 Å². The van der Waals surface area contributed by atoms with Crippen LogP contribution in [0.5, 0.6) is 17.2 Å². The quantitative estimate of drug-likeness (QED) is 0.910. The highest BCUT2D eigenvalue weighted by molar-refractivity contribution is 6.33. The first-order valence-electron chi connectivity index (χ1n) is 6.12. The summed E-state index contributed by atoms with van der Waals surface area (Å²) in [4.78, 5) is 4.28. The van der Waals surface area contributed by atoms with Gasteiger partial charge in [-0.25, -0.2) is 0 Å². The Morgan fingerprint density at radius 2 is 2.05 bits per heavy atom. The molecule has 0 saturated heterocycles. The van der Waals surface area contributed by atoms with E-state index in [-0.39, 0.29) is 12.5 Å². The average molecular weight is 293 g/mol. The zero-order valence-electron chi connectivity index (χ0n) is 10.8. The van der Waals surface area contributed by atoms with Gasteiger partial charge in [0.1, 0.15) is 11.4 Å². The summed E-state index contributed by atoms with van der Waals surface area (Å²) in [7, 11) is 0. The number of aryl methyl sites for hydroxylation is 1. The Kier molecular flexibility index (Phi) is 3.28. The van der Waals surface area contributed by atoms with Crippen LogP contribution in [0.2, 0.25) is 5.02 Å². The van der Waals surface area contributed by atoms with Crippen LogP contribution in [-0.4, -0.2) is 16.9 Å². The lowest BCUT2D eigenvalue weighted by Crippen LogP contribution is -2.03. The molecular formula is C14H13ClN2O3. The summed E-state index contributed by atoms with van der Waals surface area (Å²) in [5.41, 5.74) is 2.12. The fraction of sp³-hybridized carbons (Fsp3) is 0.214. The number of halogens is 1. The molecule has 0 radical (unpaired) electrons. The zero-order valence-corrected chi connectivity index (χ0v) is 11.6. The number of benzene rings is 1. The topological polar surface area (TPSA) is 63.6 Å². The molecule has 0 unspecified atom stereocenters. The lowest BCUT2D eigenvalue weighted by Gasteiger charge is -2.10. The molecule has 3 rings (SSSR count). The van der Waals surface area contributed by atoms with Crippen molar-refractivity contribution in [1.29, 1.82) is 0 Å². The molecule has 104 valence electrons. The maximum absolute atomic E-state index is 9.76. The van der Waals surface area contributed by atoms with Crippen molar-refractivity contribution in [2.24, 2.45) is 0 Å². The minimum Gasteiger partial charge on any atom is -0.506 e. The second-order valence-electron chi connectivity index (χ2n) is 4.46. The Labute approximate surface area is 121 Å². The van der Waals surface area contributed by atoms with Gasteiger partial charge in [-0.3, -0.25) is 4.98 Å². The Morgan fingerprint density at radius 3 is 2.85 bits per heavy atom. The molecule has 0 spiro atoms. The van der Waals surface area contributed by atoms with Gasteiger partial charge in [-0.15, -0.1) is 0 Å². The molecule has 0 aliphatic carbocycles. The van der Waals surface area contributed by atoms with E-state index in [4.69, 9.17) is 21.1 Å². The first-order valence-corrected chi connectivity index (χ1v) is 6.50. The van der Waals surface area contributed by atoms with E-state index < -0.39 is 0 Å². The third kappa shape index (κ3) is 2.44. The molecule has 20 heavy (non-hydrogen) atoms. The number of ether oxygens (including phenoxy) is 2. The van der Waals surface area contributed by atoms with Crippen LogP contribution >= 0.6 is 11.6 Å². The SMILES string of the molecule is Cc1ccc(O)c(CNc2cc3c(cc2Cl)OCO3)n1. The van der Waals surface area contributed by atoms with Crippen LogP contribution in [0.4, 0.5) is 5.69 Å². The molecule has 2 heterocycles. The number of hydrogen-bond acceptors (Lipinski definition) is 5. The summed E-state index contributed by atoms with van der Waals surface area (Å²) in [6, 6.07) is 6.86. The summed E-state index contributed by atoms with van der Waals surface area (Å²) < 4.78 is 10.5. The number of nitrogens with zero attached hydrogens (tertiary/aromatic N) is 1. The Hall–Kier alpha value is -2.14. The summed E-state index contributed by atoms with van der Waals surface area (Å²) >= 11 is 6.16. The summed E-state index contributed by atoms with van der Waals surface area (Å²) in [5, 5.41) is 13.4. The molecule has 1 aliphatic rings. The monoisotopic (exact) mass is 292 g/mol. The van der Waals surface area contributed by atoms with E-state index in [9.17, 15) is 5.11 Å². The molecule has 0 amide bonds. The van der Waals surface area contributed by atoms with Gasteiger partial charge in [0.2, 0.25) is 6.79 Å². The molecule has 5 nitrogen and oxygen atoms in total. The molecule has 1 aromatic carbocycles. The van der Waals surface area contributed by atoms with Crippen molar-refractivity contribution >= 4 is 17.3 Å². The van der Waals surface area contributed by atoms with Crippen LogP contribution < -0.4 is 14.8 Å². The van der Waals surface area contributed by atoms with Gasteiger partial charge in [-0.05, 0) is 19.1 Å². The molecule has 0 atom stereocenters. The molecule has 1 aliphatic heterocycles. The normalized spacial score (nSPS) is 12.5. The smallest absolute Gasteiger partial charge is 0.231 e. The largest absolute Gasteiger partial charge is 0.506 e. The van der Waals surface area contributed by atoms with Crippen molar-refractivity contribution < 1.29 is 14.6 Å². The van der Waals surface area contributed by atoms with E-state index in [1.165, 1.54) is 0 Å². The fourth-order valence-corrected chi connectivity index (χ4v) is 2.19. The van der Waals surface area contributed by atoms with Gasteiger partial charge < -0.3 is 19.9 Å². The fourth-order valence-electron chi connectivity index (χ4n) is 1.96. The Bertz CT molecular complexity index is 661. The molecule has 0 fully saturated rings. The lowest BCUT2D eigenvalue weighted by molar-refractivity contribution is 0.174. The van der Waals surface area contributed by atoms with E-state index in [1.807, 2.05) is 6.92 Å². The number of aromatic nitrogens is 1. The van der Waals surface area contributed by atoms with E-state index >= 15 is 0 Å². The number of rotatable bonds is 3. The number of anilines is 1. The molecule has 6 heteroatoms. The van der Waals surface area contributed by atoms with Crippen LogP contribution in [0.15, 0.2) is 24.3 Å². The maximum atomic E-state index is 9.76. The van der Waals surface area contributed by atoms with E-state index in [0.717, 1.165) is 5.69 Å². The van der Waals surface area contributed by atoms with Crippen molar-refractivity contribution in [2.75, 3.05) is 12.1 Å².